The van der Waals surface area contributed by atoms with Crippen molar-refractivity contribution < 1.29 is 24.1 Å². The van der Waals surface area contributed by atoms with E-state index in [1.54, 1.807) is 19.2 Å². The molecule has 27 heavy (non-hydrogen) atoms. The molecular weight excluding hydrogens is 344 g/mol. The molecule has 1 unspecified atom stereocenters. The van der Waals surface area contributed by atoms with Gasteiger partial charge in [0.1, 0.15) is 11.5 Å². The van der Waals surface area contributed by atoms with Crippen LogP contribution in [0.3, 0.4) is 0 Å². The van der Waals surface area contributed by atoms with Crippen molar-refractivity contribution in [2.24, 2.45) is 0 Å². The maximum atomic E-state index is 12.0. The third kappa shape index (κ3) is 4.54. The van der Waals surface area contributed by atoms with E-state index in [0.717, 1.165) is 24.0 Å². The number of esters is 1. The first-order valence-corrected chi connectivity index (χ1v) is 9.46. The fourth-order valence-corrected chi connectivity index (χ4v) is 3.37. The fraction of sp³-hybridized carbons (Fsp3) is 0.409. The Labute approximate surface area is 159 Å². The summed E-state index contributed by atoms with van der Waals surface area (Å²) in [6, 6.07) is 10.7. The Kier molecular flexibility index (Phi) is 6.22. The molecule has 0 amide bonds. The first-order valence-electron chi connectivity index (χ1n) is 9.46. The third-order valence-corrected chi connectivity index (χ3v) is 4.81. The Morgan fingerprint density at radius 2 is 1.96 bits per heavy atom. The van der Waals surface area contributed by atoms with E-state index in [2.05, 4.69) is 6.92 Å². The van der Waals surface area contributed by atoms with E-state index < -0.39 is 0 Å². The third-order valence-electron chi connectivity index (χ3n) is 4.81. The SMILES string of the molecule is CCCCCCOc1cc(C2CC(=O)Oc3cc(O)ccc32)ccc1OC. The minimum Gasteiger partial charge on any atom is -0.508 e. The van der Waals surface area contributed by atoms with Crippen molar-refractivity contribution in [2.75, 3.05) is 13.7 Å². The number of phenolic OH excluding ortho intramolecular Hbond substituents is 1. The molecule has 5 heteroatoms. The molecule has 0 spiro atoms. The Balaban J connectivity index is 1.84. The lowest BCUT2D eigenvalue weighted by Crippen LogP contribution is -2.21. The highest BCUT2D eigenvalue weighted by atomic mass is 16.5. The predicted octanol–water partition coefficient (Wildman–Crippen LogP) is 4.80. The zero-order chi connectivity index (χ0) is 19.2. The zero-order valence-corrected chi connectivity index (χ0v) is 15.9. The molecule has 3 rings (SSSR count). The van der Waals surface area contributed by atoms with Crippen molar-refractivity contribution in [3.8, 4) is 23.0 Å². The Morgan fingerprint density at radius 3 is 2.74 bits per heavy atom. The summed E-state index contributed by atoms with van der Waals surface area (Å²) in [6.45, 7) is 2.82. The first-order chi connectivity index (χ1) is 13.1. The van der Waals surface area contributed by atoms with Crippen LogP contribution in [0.1, 0.15) is 56.1 Å². The topological polar surface area (TPSA) is 65.0 Å². The van der Waals surface area contributed by atoms with Gasteiger partial charge < -0.3 is 19.3 Å². The van der Waals surface area contributed by atoms with Gasteiger partial charge in [-0.25, -0.2) is 0 Å². The minimum absolute atomic E-state index is 0.0769. The van der Waals surface area contributed by atoms with Gasteiger partial charge in [0.2, 0.25) is 0 Å². The van der Waals surface area contributed by atoms with E-state index in [1.165, 1.54) is 18.9 Å². The molecule has 0 radical (unpaired) electrons. The molecular formula is C22H26O5. The summed E-state index contributed by atoms with van der Waals surface area (Å²) in [5.74, 6) is 1.40. The van der Waals surface area contributed by atoms with Gasteiger partial charge >= 0.3 is 5.97 Å². The van der Waals surface area contributed by atoms with E-state index in [1.807, 2.05) is 18.2 Å². The van der Waals surface area contributed by atoms with Gasteiger partial charge in [0.15, 0.2) is 11.5 Å². The van der Waals surface area contributed by atoms with Gasteiger partial charge in [0, 0.05) is 17.5 Å². The number of benzene rings is 2. The summed E-state index contributed by atoms with van der Waals surface area (Å²) in [5, 5.41) is 9.67. The van der Waals surface area contributed by atoms with Crippen LogP contribution in [0.25, 0.3) is 0 Å². The lowest BCUT2D eigenvalue weighted by Gasteiger charge is -2.25. The molecule has 0 saturated carbocycles. The van der Waals surface area contributed by atoms with Crippen molar-refractivity contribution in [1.82, 2.24) is 0 Å². The van der Waals surface area contributed by atoms with Crippen molar-refractivity contribution >= 4 is 5.97 Å². The van der Waals surface area contributed by atoms with E-state index in [0.29, 0.717) is 23.9 Å². The number of carbonyl (C=O) groups is 1. The van der Waals surface area contributed by atoms with Crippen LogP contribution in [-0.2, 0) is 4.79 Å². The molecule has 1 aliphatic heterocycles. The molecule has 5 nitrogen and oxygen atoms in total. The Bertz CT molecular complexity index is 799. The number of methoxy groups -OCH3 is 1. The van der Waals surface area contributed by atoms with Crippen LogP contribution in [0.4, 0.5) is 0 Å². The summed E-state index contributed by atoms with van der Waals surface area (Å²) in [4.78, 5) is 12.0. The number of hydrogen-bond donors (Lipinski definition) is 1. The maximum Gasteiger partial charge on any atom is 0.312 e. The van der Waals surface area contributed by atoms with Gasteiger partial charge in [-0.15, -0.1) is 0 Å². The van der Waals surface area contributed by atoms with Crippen LogP contribution in [0, 0.1) is 0 Å². The predicted molar refractivity (Wildman–Crippen MR) is 103 cm³/mol. The van der Waals surface area contributed by atoms with Crippen LogP contribution in [0.15, 0.2) is 36.4 Å². The van der Waals surface area contributed by atoms with Crippen LogP contribution in [-0.4, -0.2) is 24.8 Å². The Hall–Kier alpha value is -2.69. The van der Waals surface area contributed by atoms with Gasteiger partial charge in [-0.05, 0) is 30.2 Å². The Morgan fingerprint density at radius 1 is 1.11 bits per heavy atom. The zero-order valence-electron chi connectivity index (χ0n) is 15.9. The molecule has 2 aromatic rings. The molecule has 0 saturated heterocycles. The summed E-state index contributed by atoms with van der Waals surface area (Å²) in [6.07, 6.45) is 4.78. The molecule has 1 atom stereocenters. The smallest absolute Gasteiger partial charge is 0.312 e. The number of rotatable bonds is 8. The normalized spacial score (nSPS) is 15.8. The quantitative estimate of drug-likeness (QED) is 0.411. The van der Waals surface area contributed by atoms with Gasteiger partial charge in [-0.2, -0.15) is 0 Å². The number of phenols is 1. The molecule has 0 fully saturated rings. The lowest BCUT2D eigenvalue weighted by atomic mass is 9.86. The van der Waals surface area contributed by atoms with E-state index in [-0.39, 0.29) is 24.1 Å². The molecule has 0 aliphatic carbocycles. The highest BCUT2D eigenvalue weighted by Gasteiger charge is 2.29. The molecule has 1 heterocycles. The maximum absolute atomic E-state index is 12.0. The van der Waals surface area contributed by atoms with Gasteiger partial charge in [0.05, 0.1) is 20.1 Å². The lowest BCUT2D eigenvalue weighted by molar-refractivity contribution is -0.135. The fourth-order valence-electron chi connectivity index (χ4n) is 3.37. The average Bonchev–Trinajstić information content (AvgIpc) is 2.66. The molecule has 0 bridgehead atoms. The van der Waals surface area contributed by atoms with E-state index >= 15 is 0 Å². The summed E-state index contributed by atoms with van der Waals surface area (Å²) >= 11 is 0. The number of ether oxygens (including phenoxy) is 3. The van der Waals surface area contributed by atoms with Crippen LogP contribution >= 0.6 is 0 Å². The van der Waals surface area contributed by atoms with Crippen molar-refractivity contribution in [3.05, 3.63) is 47.5 Å². The standard InChI is InChI=1S/C22H26O5/c1-3-4-5-6-11-26-21-12-15(7-10-19(21)25-2)18-14-22(24)27-20-13-16(23)8-9-17(18)20/h7-10,12-13,18,23H,3-6,11,14H2,1-2H3. The molecule has 0 aromatic heterocycles. The van der Waals surface area contributed by atoms with E-state index in [9.17, 15) is 9.90 Å². The van der Waals surface area contributed by atoms with Gasteiger partial charge in [-0.1, -0.05) is 38.3 Å². The highest BCUT2D eigenvalue weighted by Crippen LogP contribution is 2.42. The minimum atomic E-state index is -0.309. The molecule has 144 valence electrons. The largest absolute Gasteiger partial charge is 0.508 e. The second-order valence-corrected chi connectivity index (χ2v) is 6.77. The molecule has 1 aliphatic rings. The van der Waals surface area contributed by atoms with Gasteiger partial charge in [0.25, 0.3) is 0 Å². The molecule has 1 N–H and O–H groups in total. The first kappa shape index (κ1) is 19.1. The molecule has 2 aromatic carbocycles. The van der Waals surface area contributed by atoms with Crippen LogP contribution in [0.5, 0.6) is 23.0 Å². The number of aromatic hydroxyl groups is 1. The van der Waals surface area contributed by atoms with Crippen LogP contribution in [0.2, 0.25) is 0 Å². The van der Waals surface area contributed by atoms with Crippen molar-refractivity contribution in [3.63, 3.8) is 0 Å². The highest BCUT2D eigenvalue weighted by molar-refractivity contribution is 5.78. The van der Waals surface area contributed by atoms with Crippen molar-refractivity contribution in [1.29, 1.82) is 0 Å². The summed E-state index contributed by atoms with van der Waals surface area (Å²) in [7, 11) is 1.62. The van der Waals surface area contributed by atoms with Gasteiger partial charge in [-0.3, -0.25) is 4.79 Å². The van der Waals surface area contributed by atoms with E-state index in [4.69, 9.17) is 14.2 Å². The average molecular weight is 370 g/mol. The summed E-state index contributed by atoms with van der Waals surface area (Å²) in [5.41, 5.74) is 1.84. The second-order valence-electron chi connectivity index (χ2n) is 6.77. The van der Waals surface area contributed by atoms with Crippen LogP contribution < -0.4 is 14.2 Å². The summed E-state index contributed by atoms with van der Waals surface area (Å²) < 4.78 is 16.7. The second kappa shape index (κ2) is 8.80. The number of carbonyl (C=O) groups excluding carboxylic acids is 1. The monoisotopic (exact) mass is 370 g/mol. The number of hydrogen-bond acceptors (Lipinski definition) is 5. The number of unbranched alkanes of at least 4 members (excludes halogenated alkanes) is 3. The number of fused-ring (bicyclic) bond motifs is 1. The van der Waals surface area contributed by atoms with Crippen molar-refractivity contribution in [2.45, 2.75) is 44.9 Å².